The summed E-state index contributed by atoms with van der Waals surface area (Å²) in [5.41, 5.74) is 3.45. The Hall–Kier alpha value is -2.86. The summed E-state index contributed by atoms with van der Waals surface area (Å²) in [4.78, 5) is 25.6. The summed E-state index contributed by atoms with van der Waals surface area (Å²) in [7, 11) is 1.97. The number of hydrogen-bond acceptors (Lipinski definition) is 4. The van der Waals surface area contributed by atoms with Crippen LogP contribution in [0.3, 0.4) is 0 Å². The lowest BCUT2D eigenvalue weighted by Crippen LogP contribution is -3.08. The van der Waals surface area contributed by atoms with Crippen molar-refractivity contribution in [1.82, 2.24) is 0 Å². The van der Waals surface area contributed by atoms with E-state index in [0.717, 1.165) is 11.4 Å². The molecule has 0 saturated heterocycles. The Bertz CT molecular complexity index is 914. The van der Waals surface area contributed by atoms with Crippen LogP contribution in [0, 0.1) is 0 Å². The number of nitrogens with one attached hydrogen (secondary N) is 2. The van der Waals surface area contributed by atoms with Gasteiger partial charge in [0.25, 0.3) is 5.91 Å². The number of fused-ring (bicyclic) bond motifs is 1. The van der Waals surface area contributed by atoms with Crippen molar-refractivity contribution in [2.45, 2.75) is 39.7 Å². The highest BCUT2D eigenvalue weighted by Gasteiger charge is 2.21. The van der Waals surface area contributed by atoms with Crippen molar-refractivity contribution in [1.29, 1.82) is 0 Å². The molecule has 6 heteroatoms. The lowest BCUT2D eigenvalue weighted by atomic mass is 9.87. The van der Waals surface area contributed by atoms with Gasteiger partial charge in [-0.15, -0.1) is 0 Å². The van der Waals surface area contributed by atoms with Gasteiger partial charge >= 0.3 is 0 Å². The summed E-state index contributed by atoms with van der Waals surface area (Å²) in [5, 5.41) is 2.85. The van der Waals surface area contributed by atoms with E-state index in [4.69, 9.17) is 9.47 Å². The van der Waals surface area contributed by atoms with Crippen molar-refractivity contribution in [3.05, 3.63) is 53.1 Å². The Balaban J connectivity index is 1.63. The third-order valence-corrected chi connectivity index (χ3v) is 4.95. The van der Waals surface area contributed by atoms with E-state index in [1.807, 2.05) is 7.05 Å². The number of likely N-dealkylation sites (N-methyl/N-ethyl adjacent to an activating group) is 1. The predicted octanol–water partition coefficient (Wildman–Crippen LogP) is 2.57. The number of hydrogen-bond donors (Lipinski definition) is 2. The molecule has 29 heavy (non-hydrogen) atoms. The fourth-order valence-electron chi connectivity index (χ4n) is 3.34. The second-order valence-electron chi connectivity index (χ2n) is 8.61. The minimum absolute atomic E-state index is 0.116. The zero-order valence-corrected chi connectivity index (χ0v) is 17.7. The highest BCUT2D eigenvalue weighted by atomic mass is 16.7. The van der Waals surface area contributed by atoms with E-state index in [-0.39, 0.29) is 30.4 Å². The SMILES string of the molecule is CC(=O)c1cc2c(cc1NC(=O)C[NH+](C)Cc1ccc(C(C)(C)C)cc1)OCO2. The molecule has 3 rings (SSSR count). The first-order chi connectivity index (χ1) is 13.6. The molecule has 0 fully saturated rings. The maximum absolute atomic E-state index is 12.6. The molecular weight excluding hydrogens is 368 g/mol. The molecule has 1 aliphatic heterocycles. The molecule has 1 unspecified atom stereocenters. The smallest absolute Gasteiger partial charge is 0.279 e. The topological polar surface area (TPSA) is 69.1 Å². The first-order valence-electron chi connectivity index (χ1n) is 9.78. The van der Waals surface area contributed by atoms with Crippen LogP contribution in [0.25, 0.3) is 0 Å². The number of anilines is 1. The molecule has 1 heterocycles. The van der Waals surface area contributed by atoms with Crippen molar-refractivity contribution in [3.63, 3.8) is 0 Å². The predicted molar refractivity (Wildman–Crippen MR) is 112 cm³/mol. The standard InChI is InChI=1S/C23H28N2O4/c1-15(26)18-10-20-21(29-14-28-20)11-19(18)24-22(27)13-25(5)12-16-6-8-17(9-7-16)23(2,3)4/h6-11H,12-14H2,1-5H3,(H,24,27)/p+1. The zero-order chi connectivity index (χ0) is 21.2. The fraction of sp³-hybridized carbons (Fsp3) is 0.391. The van der Waals surface area contributed by atoms with E-state index in [0.29, 0.717) is 22.7 Å². The molecule has 1 aliphatic rings. The van der Waals surface area contributed by atoms with Gasteiger partial charge < -0.3 is 19.7 Å². The van der Waals surface area contributed by atoms with Crippen LogP contribution in [-0.4, -0.2) is 32.1 Å². The van der Waals surface area contributed by atoms with Crippen LogP contribution in [0.5, 0.6) is 11.5 Å². The zero-order valence-electron chi connectivity index (χ0n) is 17.7. The van der Waals surface area contributed by atoms with Crippen LogP contribution in [0.15, 0.2) is 36.4 Å². The highest BCUT2D eigenvalue weighted by Crippen LogP contribution is 2.37. The van der Waals surface area contributed by atoms with E-state index >= 15 is 0 Å². The molecule has 0 spiro atoms. The third-order valence-electron chi connectivity index (χ3n) is 4.95. The second kappa shape index (κ2) is 8.25. The van der Waals surface area contributed by atoms with Gasteiger partial charge in [-0.25, -0.2) is 0 Å². The van der Waals surface area contributed by atoms with E-state index in [1.54, 1.807) is 12.1 Å². The van der Waals surface area contributed by atoms with Crippen LogP contribution in [0.4, 0.5) is 5.69 Å². The van der Waals surface area contributed by atoms with Crippen molar-refractivity contribution in [3.8, 4) is 11.5 Å². The van der Waals surface area contributed by atoms with E-state index in [1.165, 1.54) is 18.1 Å². The molecule has 2 aromatic carbocycles. The first kappa shape index (κ1) is 20.9. The van der Waals surface area contributed by atoms with Gasteiger partial charge in [-0.05, 0) is 24.0 Å². The van der Waals surface area contributed by atoms with E-state index in [2.05, 4.69) is 50.4 Å². The molecule has 1 amide bonds. The summed E-state index contributed by atoms with van der Waals surface area (Å²) in [6, 6.07) is 11.8. The maximum Gasteiger partial charge on any atom is 0.279 e. The van der Waals surface area contributed by atoms with E-state index in [9.17, 15) is 9.59 Å². The van der Waals surface area contributed by atoms with Gasteiger partial charge in [0.2, 0.25) is 6.79 Å². The Morgan fingerprint density at radius 2 is 1.69 bits per heavy atom. The Kier molecular flexibility index (Phi) is 5.94. The molecule has 6 nitrogen and oxygen atoms in total. The number of amides is 1. The van der Waals surface area contributed by atoms with Crippen LogP contribution in [-0.2, 0) is 16.8 Å². The Morgan fingerprint density at radius 3 is 2.28 bits per heavy atom. The number of ether oxygens (including phenoxy) is 2. The highest BCUT2D eigenvalue weighted by molar-refractivity contribution is 6.04. The summed E-state index contributed by atoms with van der Waals surface area (Å²) >= 11 is 0. The van der Waals surface area contributed by atoms with Crippen molar-refractivity contribution in [2.75, 3.05) is 25.7 Å². The molecular formula is C23H29N2O4+. The van der Waals surface area contributed by atoms with E-state index < -0.39 is 0 Å². The molecule has 0 saturated carbocycles. The molecule has 2 aromatic rings. The van der Waals surface area contributed by atoms with Gasteiger partial charge in [-0.2, -0.15) is 0 Å². The van der Waals surface area contributed by atoms with Crippen molar-refractivity contribution in [2.24, 2.45) is 0 Å². The number of carbonyl (C=O) groups excluding carboxylic acids is 2. The molecule has 0 radical (unpaired) electrons. The summed E-state index contributed by atoms with van der Waals surface area (Å²) in [6.07, 6.45) is 0. The summed E-state index contributed by atoms with van der Waals surface area (Å²) in [5.74, 6) is 0.757. The Morgan fingerprint density at radius 1 is 1.07 bits per heavy atom. The van der Waals surface area contributed by atoms with Gasteiger partial charge in [-0.3, -0.25) is 9.59 Å². The number of Topliss-reactive ketones (excluding diaryl/α,β-unsaturated/α-hetero) is 1. The minimum Gasteiger partial charge on any atom is -0.454 e. The van der Waals surface area contributed by atoms with Crippen LogP contribution in [0.1, 0.15) is 49.2 Å². The number of quaternary nitrogens is 1. The largest absolute Gasteiger partial charge is 0.454 e. The lowest BCUT2D eigenvalue weighted by molar-refractivity contribution is -0.885. The molecule has 0 aliphatic carbocycles. The van der Waals surface area contributed by atoms with Crippen LogP contribution < -0.4 is 19.7 Å². The quantitative estimate of drug-likeness (QED) is 0.735. The average molecular weight is 397 g/mol. The molecule has 154 valence electrons. The normalized spacial score (nSPS) is 13.8. The summed E-state index contributed by atoms with van der Waals surface area (Å²) in [6.45, 7) is 9.17. The van der Waals surface area contributed by atoms with Gasteiger partial charge in [0, 0.05) is 17.2 Å². The van der Waals surface area contributed by atoms with Crippen LogP contribution >= 0.6 is 0 Å². The monoisotopic (exact) mass is 397 g/mol. The number of rotatable bonds is 6. The third kappa shape index (κ3) is 5.15. The molecule has 0 aromatic heterocycles. The second-order valence-corrected chi connectivity index (χ2v) is 8.61. The van der Waals surface area contributed by atoms with Gasteiger partial charge in [0.15, 0.2) is 23.8 Å². The van der Waals surface area contributed by atoms with Crippen LogP contribution in [0.2, 0.25) is 0 Å². The van der Waals surface area contributed by atoms with Crippen molar-refractivity contribution < 1.29 is 24.0 Å². The summed E-state index contributed by atoms with van der Waals surface area (Å²) < 4.78 is 10.7. The molecule has 1 atom stereocenters. The maximum atomic E-state index is 12.6. The van der Waals surface area contributed by atoms with Gasteiger partial charge in [0.05, 0.1) is 12.7 Å². The first-order valence-corrected chi connectivity index (χ1v) is 9.78. The number of benzene rings is 2. The molecule has 2 N–H and O–H groups in total. The minimum atomic E-state index is -0.157. The average Bonchev–Trinajstić information content (AvgIpc) is 3.07. The Labute approximate surface area is 171 Å². The number of ketones is 1. The van der Waals surface area contributed by atoms with Crippen molar-refractivity contribution >= 4 is 17.4 Å². The van der Waals surface area contributed by atoms with Gasteiger partial charge in [-0.1, -0.05) is 45.0 Å². The fourth-order valence-corrected chi connectivity index (χ4v) is 3.34. The lowest BCUT2D eigenvalue weighted by Gasteiger charge is -2.20. The molecule has 0 bridgehead atoms. The van der Waals surface area contributed by atoms with Gasteiger partial charge in [0.1, 0.15) is 6.54 Å². The number of carbonyl (C=O) groups is 2.